The molecule has 0 radical (unpaired) electrons. The fourth-order valence-corrected chi connectivity index (χ4v) is 5.97. The van der Waals surface area contributed by atoms with Gasteiger partial charge < -0.3 is 14.6 Å². The Bertz CT molecular complexity index is 1510. The van der Waals surface area contributed by atoms with E-state index in [9.17, 15) is 14.3 Å². The third-order valence-corrected chi connectivity index (χ3v) is 7.85. The molecule has 0 amide bonds. The third kappa shape index (κ3) is 4.25. The first-order chi connectivity index (χ1) is 17.9. The third-order valence-electron chi connectivity index (χ3n) is 7.85. The van der Waals surface area contributed by atoms with Crippen LogP contribution in [0.1, 0.15) is 39.9 Å². The Kier molecular flexibility index (Phi) is 5.91. The lowest BCUT2D eigenvalue weighted by Crippen LogP contribution is -2.52. The van der Waals surface area contributed by atoms with Crippen LogP contribution in [0.2, 0.25) is 0 Å². The summed E-state index contributed by atoms with van der Waals surface area (Å²) >= 11 is 0. The summed E-state index contributed by atoms with van der Waals surface area (Å²) < 4.78 is 16.4. The second-order valence-corrected chi connectivity index (χ2v) is 10.2. The molecule has 1 saturated heterocycles. The van der Waals surface area contributed by atoms with Crippen molar-refractivity contribution in [2.75, 3.05) is 31.1 Å². The van der Waals surface area contributed by atoms with Crippen LogP contribution in [0.15, 0.2) is 48.8 Å². The molecule has 1 atom stereocenters. The molecular weight excluding hydrogens is 469 g/mol. The molecule has 4 aromatic rings. The Labute approximate surface area is 215 Å². The van der Waals surface area contributed by atoms with Crippen LogP contribution in [0, 0.1) is 12.7 Å². The molecule has 0 aliphatic carbocycles. The molecule has 37 heavy (non-hydrogen) atoms. The highest BCUT2D eigenvalue weighted by Crippen LogP contribution is 2.31. The molecule has 2 aromatic carbocycles. The van der Waals surface area contributed by atoms with Crippen molar-refractivity contribution in [1.82, 2.24) is 19.4 Å². The molecule has 0 spiro atoms. The first-order valence-corrected chi connectivity index (χ1v) is 12.9. The van der Waals surface area contributed by atoms with E-state index in [0.717, 1.165) is 67.2 Å². The van der Waals surface area contributed by atoms with Gasteiger partial charge in [-0.1, -0.05) is 12.1 Å². The van der Waals surface area contributed by atoms with Gasteiger partial charge in [0.05, 0.1) is 16.9 Å². The van der Waals surface area contributed by atoms with E-state index in [1.165, 1.54) is 17.2 Å². The predicted octanol–water partition coefficient (Wildman–Crippen LogP) is 4.42. The van der Waals surface area contributed by atoms with Crippen LogP contribution in [0.3, 0.4) is 0 Å². The van der Waals surface area contributed by atoms with E-state index in [1.807, 2.05) is 23.6 Å². The number of rotatable bonds is 5. The maximum Gasteiger partial charge on any atom is 0.356 e. The average Bonchev–Trinajstić information content (AvgIpc) is 3.32. The predicted molar refractivity (Wildman–Crippen MR) is 141 cm³/mol. The van der Waals surface area contributed by atoms with E-state index in [0.29, 0.717) is 18.0 Å². The molecule has 1 fully saturated rings. The number of aromatic carboxylic acids is 1. The van der Waals surface area contributed by atoms with Crippen molar-refractivity contribution in [3.8, 4) is 5.69 Å². The van der Waals surface area contributed by atoms with Gasteiger partial charge in [0.25, 0.3) is 0 Å². The van der Waals surface area contributed by atoms with Crippen molar-refractivity contribution in [2.24, 2.45) is 0 Å². The first-order valence-electron chi connectivity index (χ1n) is 12.9. The van der Waals surface area contributed by atoms with Crippen LogP contribution in [-0.4, -0.2) is 62.7 Å². The molecule has 2 aliphatic rings. The number of carboxylic acids is 1. The van der Waals surface area contributed by atoms with E-state index >= 15 is 0 Å². The van der Waals surface area contributed by atoms with E-state index in [-0.39, 0.29) is 11.5 Å². The molecule has 190 valence electrons. The smallest absolute Gasteiger partial charge is 0.356 e. The number of pyridine rings is 1. The van der Waals surface area contributed by atoms with Crippen molar-refractivity contribution in [3.63, 3.8) is 0 Å². The Morgan fingerprint density at radius 2 is 2.00 bits per heavy atom. The quantitative estimate of drug-likeness (QED) is 0.438. The van der Waals surface area contributed by atoms with Gasteiger partial charge in [0.15, 0.2) is 5.69 Å². The number of benzene rings is 2. The summed E-state index contributed by atoms with van der Waals surface area (Å²) in [5.74, 6) is -1.22. The Hall–Kier alpha value is -3.78. The molecule has 4 heterocycles. The zero-order chi connectivity index (χ0) is 25.7. The lowest BCUT2D eigenvalue weighted by molar-refractivity contribution is 0.0689. The number of carbonyl (C=O) groups is 1. The number of hydrogen-bond acceptors (Lipinski definition) is 5. The molecule has 0 saturated carbocycles. The van der Waals surface area contributed by atoms with Crippen molar-refractivity contribution in [3.05, 3.63) is 82.8 Å². The number of halogens is 1. The number of aryl methyl sites for hydroxylation is 1. The summed E-state index contributed by atoms with van der Waals surface area (Å²) in [5, 5.41) is 10.4. The highest BCUT2D eigenvalue weighted by atomic mass is 19.1. The Balaban J connectivity index is 1.17. The monoisotopic (exact) mass is 499 g/mol. The second kappa shape index (κ2) is 9.27. The summed E-state index contributed by atoms with van der Waals surface area (Å²) in [6, 6.07) is 13.8. The largest absolute Gasteiger partial charge is 0.476 e. The minimum absolute atomic E-state index is 0.153. The number of nitrogens with zero attached hydrogens (tertiary/aromatic N) is 5. The highest BCUT2D eigenvalue weighted by molar-refractivity contribution is 5.92. The van der Waals surface area contributed by atoms with Gasteiger partial charge in [-0.2, -0.15) is 0 Å². The normalized spacial score (nSPS) is 17.6. The van der Waals surface area contributed by atoms with Gasteiger partial charge in [0.1, 0.15) is 12.1 Å². The number of piperazine rings is 1. The molecule has 1 N–H and O–H groups in total. The van der Waals surface area contributed by atoms with Gasteiger partial charge in [-0.25, -0.2) is 14.2 Å². The van der Waals surface area contributed by atoms with E-state index in [2.05, 4.69) is 44.9 Å². The van der Waals surface area contributed by atoms with Gasteiger partial charge in [-0.05, 0) is 68.5 Å². The zero-order valence-electron chi connectivity index (χ0n) is 21.1. The molecule has 2 aromatic heterocycles. The number of aromatic nitrogens is 3. The van der Waals surface area contributed by atoms with Gasteiger partial charge in [0, 0.05) is 55.1 Å². The fourth-order valence-electron chi connectivity index (χ4n) is 5.97. The van der Waals surface area contributed by atoms with Crippen LogP contribution >= 0.6 is 0 Å². The van der Waals surface area contributed by atoms with Crippen molar-refractivity contribution < 1.29 is 14.3 Å². The van der Waals surface area contributed by atoms with Gasteiger partial charge in [-0.3, -0.25) is 9.88 Å². The standard InChI is InChI=1S/C29H30FN5O2/c1-18-6-7-23-24(32-18)14-21(30)15-27(23)34-13-12-33(19(2)16-34)11-10-20-4-3-5-25-22(20)8-9-26-28(29(36)37)31-17-35(25)26/h3-7,14-15,17,19H,8-13,16H2,1-2H3,(H,36,37)/t19-/m1/s1. The summed E-state index contributed by atoms with van der Waals surface area (Å²) in [7, 11) is 0. The van der Waals surface area contributed by atoms with Gasteiger partial charge in [-0.15, -0.1) is 0 Å². The number of carboxylic acid groups (broad SMARTS) is 1. The second-order valence-electron chi connectivity index (χ2n) is 10.2. The molecule has 0 bridgehead atoms. The van der Waals surface area contributed by atoms with Crippen LogP contribution in [-0.2, 0) is 19.3 Å². The summed E-state index contributed by atoms with van der Waals surface area (Å²) in [6.07, 6.45) is 4.06. The first kappa shape index (κ1) is 23.6. The van der Waals surface area contributed by atoms with Crippen molar-refractivity contribution in [2.45, 2.75) is 39.2 Å². The molecule has 7 nitrogen and oxygen atoms in total. The Morgan fingerprint density at radius 3 is 2.81 bits per heavy atom. The summed E-state index contributed by atoms with van der Waals surface area (Å²) in [4.78, 5) is 25.0. The van der Waals surface area contributed by atoms with Crippen LogP contribution in [0.25, 0.3) is 16.6 Å². The van der Waals surface area contributed by atoms with Crippen molar-refractivity contribution in [1.29, 1.82) is 0 Å². The van der Waals surface area contributed by atoms with E-state index in [1.54, 1.807) is 12.4 Å². The fraction of sp³-hybridized carbons (Fsp3) is 0.345. The van der Waals surface area contributed by atoms with Gasteiger partial charge in [0.2, 0.25) is 0 Å². The number of anilines is 1. The maximum absolute atomic E-state index is 14.4. The van der Waals surface area contributed by atoms with Crippen LogP contribution in [0.5, 0.6) is 0 Å². The maximum atomic E-state index is 14.4. The van der Waals surface area contributed by atoms with Crippen LogP contribution in [0.4, 0.5) is 10.1 Å². The number of imidazole rings is 1. The van der Waals surface area contributed by atoms with E-state index in [4.69, 9.17) is 0 Å². The molecule has 0 unspecified atom stereocenters. The zero-order valence-corrected chi connectivity index (χ0v) is 21.1. The molecule has 8 heteroatoms. The van der Waals surface area contributed by atoms with Crippen LogP contribution < -0.4 is 4.90 Å². The van der Waals surface area contributed by atoms with E-state index < -0.39 is 5.97 Å². The summed E-state index contributed by atoms with van der Waals surface area (Å²) in [6.45, 7) is 7.67. The summed E-state index contributed by atoms with van der Waals surface area (Å²) in [5.41, 5.74) is 7.07. The number of fused-ring (bicyclic) bond motifs is 4. The highest BCUT2D eigenvalue weighted by Gasteiger charge is 2.27. The molecule has 6 rings (SSSR count). The SMILES string of the molecule is Cc1ccc2c(N3CCN(CCc4cccc5c4CCc4c(C(=O)O)ncn4-5)[C@H](C)C3)cc(F)cc2n1. The molecular formula is C29H30FN5O2. The topological polar surface area (TPSA) is 74.5 Å². The average molecular weight is 500 g/mol. The lowest BCUT2D eigenvalue weighted by atomic mass is 9.94. The lowest BCUT2D eigenvalue weighted by Gasteiger charge is -2.41. The van der Waals surface area contributed by atoms with Gasteiger partial charge >= 0.3 is 5.97 Å². The minimum atomic E-state index is -0.973. The number of hydrogen-bond donors (Lipinski definition) is 1. The Morgan fingerprint density at radius 1 is 1.14 bits per heavy atom. The minimum Gasteiger partial charge on any atom is -0.476 e. The van der Waals surface area contributed by atoms with Crippen molar-refractivity contribution >= 4 is 22.6 Å². The molecule has 2 aliphatic heterocycles.